The molecule has 0 spiro atoms. The fourth-order valence-corrected chi connectivity index (χ4v) is 2.88. The summed E-state index contributed by atoms with van der Waals surface area (Å²) in [7, 11) is 1.84. The molecule has 0 aromatic carbocycles. The Bertz CT molecular complexity index is 622. The van der Waals surface area contributed by atoms with E-state index in [9.17, 15) is 4.79 Å². The third-order valence-corrected chi connectivity index (χ3v) is 3.69. The lowest BCUT2D eigenvalue weighted by Gasteiger charge is -2.35. The fourth-order valence-electron chi connectivity index (χ4n) is 2.88. The van der Waals surface area contributed by atoms with Gasteiger partial charge >= 0.3 is 0 Å². The highest BCUT2D eigenvalue weighted by atomic mass is 16.5. The van der Waals surface area contributed by atoms with Crippen molar-refractivity contribution in [1.82, 2.24) is 19.2 Å². The third kappa shape index (κ3) is 2.58. The second-order valence-electron chi connectivity index (χ2n) is 5.56. The summed E-state index contributed by atoms with van der Waals surface area (Å²) in [4.78, 5) is 14.7. The van der Waals surface area contributed by atoms with E-state index in [1.54, 1.807) is 10.9 Å². The molecule has 1 fully saturated rings. The Balaban J connectivity index is 1.92. The van der Waals surface area contributed by atoms with Crippen molar-refractivity contribution in [1.29, 1.82) is 0 Å². The van der Waals surface area contributed by atoms with E-state index < -0.39 is 0 Å². The molecule has 0 saturated carbocycles. The Morgan fingerprint density at radius 3 is 2.48 bits per heavy atom. The summed E-state index contributed by atoms with van der Waals surface area (Å²) < 4.78 is 9.32. The van der Waals surface area contributed by atoms with Crippen LogP contribution < -0.4 is 0 Å². The van der Waals surface area contributed by atoms with Crippen molar-refractivity contribution in [3.8, 4) is 5.82 Å². The number of rotatable bonds is 2. The number of aryl methyl sites for hydroxylation is 1. The molecular formula is C15H20N4O2. The molecule has 0 bridgehead atoms. The molecule has 1 saturated heterocycles. The zero-order chi connectivity index (χ0) is 15.0. The molecule has 0 aliphatic carbocycles. The average Bonchev–Trinajstić information content (AvgIpc) is 3.05. The molecule has 1 aliphatic rings. The first-order chi connectivity index (χ1) is 10.1. The molecule has 0 N–H and O–H groups in total. The number of aromatic nitrogens is 3. The van der Waals surface area contributed by atoms with Gasteiger partial charge < -0.3 is 14.2 Å². The summed E-state index contributed by atoms with van der Waals surface area (Å²) in [5.41, 5.74) is 0.620. The van der Waals surface area contributed by atoms with Gasteiger partial charge in [-0.15, -0.1) is 0 Å². The first kappa shape index (κ1) is 13.9. The summed E-state index contributed by atoms with van der Waals surface area (Å²) in [6.07, 6.45) is 5.59. The predicted octanol–water partition coefficient (Wildman–Crippen LogP) is 1.46. The first-order valence-corrected chi connectivity index (χ1v) is 7.16. The number of nitrogens with zero attached hydrogens (tertiary/aromatic N) is 4. The fraction of sp³-hybridized carbons (Fsp3) is 0.467. The first-order valence-electron chi connectivity index (χ1n) is 7.16. The molecule has 21 heavy (non-hydrogen) atoms. The number of morpholine rings is 1. The number of carbonyl (C=O) groups excluding carboxylic acids is 1. The molecule has 0 radical (unpaired) electrons. The van der Waals surface area contributed by atoms with Crippen molar-refractivity contribution in [3.63, 3.8) is 0 Å². The quantitative estimate of drug-likeness (QED) is 0.840. The molecule has 112 valence electrons. The molecule has 2 unspecified atom stereocenters. The zero-order valence-electron chi connectivity index (χ0n) is 12.6. The van der Waals surface area contributed by atoms with Crippen LogP contribution in [0, 0.1) is 0 Å². The molecule has 2 aromatic rings. The summed E-state index contributed by atoms with van der Waals surface area (Å²) >= 11 is 0. The van der Waals surface area contributed by atoms with E-state index in [2.05, 4.69) is 5.10 Å². The Morgan fingerprint density at radius 1 is 1.24 bits per heavy atom. The van der Waals surface area contributed by atoms with E-state index in [0.717, 1.165) is 5.82 Å². The Hall–Kier alpha value is -2.08. The maximum Gasteiger partial charge on any atom is 0.259 e. The van der Waals surface area contributed by atoms with Crippen molar-refractivity contribution >= 4 is 5.91 Å². The molecule has 6 heteroatoms. The van der Waals surface area contributed by atoms with Gasteiger partial charge in [0.25, 0.3) is 5.91 Å². The van der Waals surface area contributed by atoms with Crippen LogP contribution in [0.5, 0.6) is 0 Å². The molecule has 1 amide bonds. The van der Waals surface area contributed by atoms with Crippen molar-refractivity contribution < 1.29 is 9.53 Å². The Labute approximate surface area is 123 Å². The number of hydrogen-bond donors (Lipinski definition) is 0. The molecule has 6 nitrogen and oxygen atoms in total. The SMILES string of the molecule is CC1CN(C(=O)c2cnn(C)c2-n2cccc2)CC(C)O1. The van der Waals surface area contributed by atoms with Crippen LogP contribution in [0.2, 0.25) is 0 Å². The minimum Gasteiger partial charge on any atom is -0.372 e. The van der Waals surface area contributed by atoms with Crippen LogP contribution in [-0.2, 0) is 11.8 Å². The highest BCUT2D eigenvalue weighted by Gasteiger charge is 2.29. The van der Waals surface area contributed by atoms with E-state index in [4.69, 9.17) is 4.74 Å². The van der Waals surface area contributed by atoms with E-state index in [0.29, 0.717) is 18.7 Å². The van der Waals surface area contributed by atoms with Gasteiger partial charge in [0, 0.05) is 32.5 Å². The van der Waals surface area contributed by atoms with Crippen LogP contribution in [0.25, 0.3) is 5.82 Å². The normalized spacial score (nSPS) is 22.5. The monoisotopic (exact) mass is 288 g/mol. The summed E-state index contributed by atoms with van der Waals surface area (Å²) in [5, 5.41) is 4.24. The molecule has 2 atom stereocenters. The summed E-state index contributed by atoms with van der Waals surface area (Å²) in [5.74, 6) is 0.797. The van der Waals surface area contributed by atoms with Crippen molar-refractivity contribution in [2.75, 3.05) is 13.1 Å². The molecule has 2 aromatic heterocycles. The molecule has 3 heterocycles. The van der Waals surface area contributed by atoms with Crippen LogP contribution in [0.3, 0.4) is 0 Å². The van der Waals surface area contributed by atoms with Gasteiger partial charge in [0.2, 0.25) is 0 Å². The van der Waals surface area contributed by atoms with Crippen molar-refractivity contribution in [2.24, 2.45) is 7.05 Å². The largest absolute Gasteiger partial charge is 0.372 e. The van der Waals surface area contributed by atoms with Gasteiger partial charge in [0.15, 0.2) is 0 Å². The van der Waals surface area contributed by atoms with Crippen molar-refractivity contribution in [3.05, 3.63) is 36.3 Å². The third-order valence-electron chi connectivity index (χ3n) is 3.69. The highest BCUT2D eigenvalue weighted by molar-refractivity contribution is 5.97. The highest BCUT2D eigenvalue weighted by Crippen LogP contribution is 2.19. The van der Waals surface area contributed by atoms with Gasteiger partial charge in [0.05, 0.1) is 18.4 Å². The van der Waals surface area contributed by atoms with Crippen LogP contribution in [0.1, 0.15) is 24.2 Å². The lowest BCUT2D eigenvalue weighted by atomic mass is 10.2. The second-order valence-corrected chi connectivity index (χ2v) is 5.56. The number of amides is 1. The number of ether oxygens (including phenoxy) is 1. The van der Waals surface area contributed by atoms with E-state index in [1.807, 2.05) is 54.9 Å². The van der Waals surface area contributed by atoms with Crippen LogP contribution in [0.4, 0.5) is 0 Å². The predicted molar refractivity (Wildman–Crippen MR) is 78.4 cm³/mol. The van der Waals surface area contributed by atoms with Gasteiger partial charge in [-0.05, 0) is 26.0 Å². The zero-order valence-corrected chi connectivity index (χ0v) is 12.6. The summed E-state index contributed by atoms with van der Waals surface area (Å²) in [6.45, 7) is 5.21. The minimum atomic E-state index is 0.00815. The topological polar surface area (TPSA) is 52.3 Å². The van der Waals surface area contributed by atoms with Crippen molar-refractivity contribution in [2.45, 2.75) is 26.1 Å². The van der Waals surface area contributed by atoms with Gasteiger partial charge in [-0.3, -0.25) is 9.48 Å². The second kappa shape index (κ2) is 5.37. The Morgan fingerprint density at radius 2 is 1.86 bits per heavy atom. The van der Waals surface area contributed by atoms with E-state index in [1.165, 1.54) is 0 Å². The number of carbonyl (C=O) groups is 1. The number of hydrogen-bond acceptors (Lipinski definition) is 3. The molecule has 1 aliphatic heterocycles. The summed E-state index contributed by atoms with van der Waals surface area (Å²) in [6, 6.07) is 3.86. The van der Waals surface area contributed by atoms with Gasteiger partial charge in [-0.1, -0.05) is 0 Å². The molecular weight excluding hydrogens is 268 g/mol. The van der Waals surface area contributed by atoms with Crippen LogP contribution in [0.15, 0.2) is 30.7 Å². The van der Waals surface area contributed by atoms with Gasteiger partial charge in [-0.25, -0.2) is 0 Å². The maximum absolute atomic E-state index is 12.8. The Kier molecular flexibility index (Phi) is 3.55. The standard InChI is InChI=1S/C15H20N4O2/c1-11-9-19(10-12(2)21-11)15(20)13-8-16-17(3)14(13)18-6-4-5-7-18/h4-8,11-12H,9-10H2,1-3H3. The lowest BCUT2D eigenvalue weighted by molar-refractivity contribution is -0.0586. The smallest absolute Gasteiger partial charge is 0.259 e. The van der Waals surface area contributed by atoms with Gasteiger partial charge in [-0.2, -0.15) is 5.10 Å². The average molecular weight is 288 g/mol. The maximum atomic E-state index is 12.8. The lowest BCUT2D eigenvalue weighted by Crippen LogP contribution is -2.48. The van der Waals surface area contributed by atoms with E-state index in [-0.39, 0.29) is 18.1 Å². The minimum absolute atomic E-state index is 0.00815. The van der Waals surface area contributed by atoms with Crippen LogP contribution in [-0.4, -0.2) is 50.5 Å². The van der Waals surface area contributed by atoms with Crippen LogP contribution >= 0.6 is 0 Å². The van der Waals surface area contributed by atoms with Gasteiger partial charge in [0.1, 0.15) is 11.4 Å². The molecule has 3 rings (SSSR count). The van der Waals surface area contributed by atoms with E-state index >= 15 is 0 Å².